The number of aldehydes is 1. The summed E-state index contributed by atoms with van der Waals surface area (Å²) in [7, 11) is 1.82. The third-order valence-corrected chi connectivity index (χ3v) is 6.57. The Kier molecular flexibility index (Phi) is 10.4. The number of carbonyl (C=O) groups is 2. The average molecular weight is 538 g/mol. The van der Waals surface area contributed by atoms with E-state index in [2.05, 4.69) is 50.5 Å². The van der Waals surface area contributed by atoms with E-state index in [-0.39, 0.29) is 12.0 Å². The van der Waals surface area contributed by atoms with Crippen molar-refractivity contribution in [2.75, 3.05) is 30.4 Å². The number of nitrogens with one attached hydrogen (secondary N) is 1. The minimum atomic E-state index is -0.0975. The van der Waals surface area contributed by atoms with E-state index in [4.69, 9.17) is 4.74 Å². The molecule has 206 valence electrons. The van der Waals surface area contributed by atoms with Crippen LogP contribution in [0.25, 0.3) is 0 Å². The highest BCUT2D eigenvalue weighted by Crippen LogP contribution is 2.31. The van der Waals surface area contributed by atoms with Crippen molar-refractivity contribution in [3.63, 3.8) is 0 Å². The van der Waals surface area contributed by atoms with E-state index in [1.165, 1.54) is 5.56 Å². The first kappa shape index (κ1) is 28.4. The number of pyridine rings is 2. The molecule has 1 aliphatic rings. The Balaban J connectivity index is 0.000000398. The van der Waals surface area contributed by atoms with Gasteiger partial charge in [-0.3, -0.25) is 24.4 Å². The van der Waals surface area contributed by atoms with E-state index in [1.54, 1.807) is 42.4 Å². The molecule has 0 aliphatic carbocycles. The molecule has 2 aromatic carbocycles. The largest absolute Gasteiger partial charge is 0.490 e. The lowest BCUT2D eigenvalue weighted by atomic mass is 10.1. The van der Waals surface area contributed by atoms with Crippen LogP contribution in [0.3, 0.4) is 0 Å². The summed E-state index contributed by atoms with van der Waals surface area (Å²) in [5, 5.41) is 3.10. The van der Waals surface area contributed by atoms with Crippen LogP contribution in [-0.4, -0.2) is 53.3 Å². The summed E-state index contributed by atoms with van der Waals surface area (Å²) in [6.07, 6.45) is 6.22. The second-order valence-corrected chi connectivity index (χ2v) is 9.42. The fraction of sp³-hybridized carbons (Fsp3) is 0.250. The molecule has 0 spiro atoms. The van der Waals surface area contributed by atoms with Crippen molar-refractivity contribution in [1.82, 2.24) is 14.9 Å². The molecule has 5 rings (SSSR count). The maximum absolute atomic E-state index is 12.4. The predicted octanol–water partition coefficient (Wildman–Crippen LogP) is 5.75. The number of hydrogen-bond donors (Lipinski definition) is 1. The number of hydrogen-bond acceptors (Lipinski definition) is 7. The molecule has 4 aromatic rings. The zero-order valence-corrected chi connectivity index (χ0v) is 22.9. The Morgan fingerprint density at radius 3 is 2.25 bits per heavy atom. The molecule has 1 aliphatic heterocycles. The van der Waals surface area contributed by atoms with Gasteiger partial charge in [0.25, 0.3) is 0 Å². The third-order valence-electron chi connectivity index (χ3n) is 6.57. The monoisotopic (exact) mass is 537 g/mol. The SMILES string of the molecule is CNc1cccnc1N(C(C)=O)c1ccc(OC2CCN(Cc3ccccc3)CC2)cc1.O=Cc1ccccn1. The molecule has 3 heterocycles. The van der Waals surface area contributed by atoms with Crippen LogP contribution in [-0.2, 0) is 11.3 Å². The Morgan fingerprint density at radius 1 is 0.950 bits per heavy atom. The summed E-state index contributed by atoms with van der Waals surface area (Å²) in [5.41, 5.74) is 3.39. The third kappa shape index (κ3) is 7.97. The van der Waals surface area contributed by atoms with Crippen LogP contribution >= 0.6 is 0 Å². The number of carbonyl (C=O) groups excluding carboxylic acids is 2. The van der Waals surface area contributed by atoms with E-state index in [9.17, 15) is 9.59 Å². The molecule has 8 heteroatoms. The molecule has 1 amide bonds. The minimum Gasteiger partial charge on any atom is -0.490 e. The number of benzene rings is 2. The van der Waals surface area contributed by atoms with Crippen molar-refractivity contribution < 1.29 is 14.3 Å². The highest BCUT2D eigenvalue weighted by atomic mass is 16.5. The smallest absolute Gasteiger partial charge is 0.229 e. The molecule has 1 N–H and O–H groups in total. The molecule has 8 nitrogen and oxygen atoms in total. The van der Waals surface area contributed by atoms with Gasteiger partial charge in [-0.1, -0.05) is 36.4 Å². The van der Waals surface area contributed by atoms with Gasteiger partial charge in [0.2, 0.25) is 5.91 Å². The second kappa shape index (κ2) is 14.6. The number of rotatable bonds is 8. The van der Waals surface area contributed by atoms with E-state index < -0.39 is 0 Å². The molecule has 1 fully saturated rings. The number of likely N-dealkylation sites (tertiary alicyclic amines) is 1. The maximum atomic E-state index is 12.4. The number of piperidine rings is 1. The van der Waals surface area contributed by atoms with Gasteiger partial charge in [0, 0.05) is 46.0 Å². The van der Waals surface area contributed by atoms with Crippen molar-refractivity contribution >= 4 is 29.4 Å². The average Bonchev–Trinajstić information content (AvgIpc) is 3.00. The molecule has 0 radical (unpaired) electrons. The molecule has 0 bridgehead atoms. The van der Waals surface area contributed by atoms with Crippen LogP contribution in [0.4, 0.5) is 17.2 Å². The van der Waals surface area contributed by atoms with Gasteiger partial charge in [-0.25, -0.2) is 4.98 Å². The Morgan fingerprint density at radius 2 is 1.65 bits per heavy atom. The summed E-state index contributed by atoms with van der Waals surface area (Å²) in [6.45, 7) is 4.59. The number of amides is 1. The normalized spacial score (nSPS) is 13.4. The van der Waals surface area contributed by atoms with Gasteiger partial charge < -0.3 is 10.1 Å². The Bertz CT molecular complexity index is 1340. The molecule has 1 saturated heterocycles. The maximum Gasteiger partial charge on any atom is 0.229 e. The van der Waals surface area contributed by atoms with Crippen molar-refractivity contribution in [2.24, 2.45) is 0 Å². The van der Waals surface area contributed by atoms with E-state index in [0.717, 1.165) is 55.9 Å². The van der Waals surface area contributed by atoms with Gasteiger partial charge in [-0.15, -0.1) is 0 Å². The van der Waals surface area contributed by atoms with Crippen LogP contribution in [0.2, 0.25) is 0 Å². The van der Waals surface area contributed by atoms with Crippen LogP contribution in [0.5, 0.6) is 5.75 Å². The van der Waals surface area contributed by atoms with Crippen molar-refractivity contribution in [3.05, 3.63) is 109 Å². The highest BCUT2D eigenvalue weighted by molar-refractivity contribution is 6.00. The zero-order chi connectivity index (χ0) is 28.2. The van der Waals surface area contributed by atoms with Gasteiger partial charge in [0.05, 0.1) is 11.4 Å². The molecule has 0 atom stereocenters. The zero-order valence-electron chi connectivity index (χ0n) is 22.9. The van der Waals surface area contributed by atoms with E-state index in [0.29, 0.717) is 11.5 Å². The highest BCUT2D eigenvalue weighted by Gasteiger charge is 2.22. The summed E-state index contributed by atoms with van der Waals surface area (Å²) in [4.78, 5) is 34.6. The van der Waals surface area contributed by atoms with Gasteiger partial charge in [0.1, 0.15) is 17.5 Å². The number of aromatic nitrogens is 2. The van der Waals surface area contributed by atoms with Gasteiger partial charge in [0.15, 0.2) is 12.1 Å². The van der Waals surface area contributed by atoms with Crippen molar-refractivity contribution in [3.8, 4) is 5.75 Å². The first-order valence-corrected chi connectivity index (χ1v) is 13.4. The van der Waals surface area contributed by atoms with Gasteiger partial charge in [-0.2, -0.15) is 0 Å². The van der Waals surface area contributed by atoms with Gasteiger partial charge in [-0.05, 0) is 66.9 Å². The fourth-order valence-electron chi connectivity index (χ4n) is 4.56. The molecule has 40 heavy (non-hydrogen) atoms. The Labute approximate surface area is 235 Å². The number of ether oxygens (including phenoxy) is 1. The summed E-state index contributed by atoms with van der Waals surface area (Å²) >= 11 is 0. The lowest BCUT2D eigenvalue weighted by Crippen LogP contribution is -2.37. The van der Waals surface area contributed by atoms with E-state index >= 15 is 0 Å². The molecule has 2 aromatic heterocycles. The molecule has 0 unspecified atom stereocenters. The molecular weight excluding hydrogens is 502 g/mol. The summed E-state index contributed by atoms with van der Waals surface area (Å²) in [5.74, 6) is 1.32. The quantitative estimate of drug-likeness (QED) is 0.287. The van der Waals surface area contributed by atoms with Crippen molar-refractivity contribution in [2.45, 2.75) is 32.4 Å². The van der Waals surface area contributed by atoms with E-state index in [1.807, 2.05) is 43.4 Å². The lowest BCUT2D eigenvalue weighted by Gasteiger charge is -2.32. The topological polar surface area (TPSA) is 87.7 Å². The minimum absolute atomic E-state index is 0.0975. The number of nitrogens with zero attached hydrogens (tertiary/aromatic N) is 4. The summed E-state index contributed by atoms with van der Waals surface area (Å²) in [6, 6.07) is 27.2. The van der Waals surface area contributed by atoms with Gasteiger partial charge >= 0.3 is 0 Å². The van der Waals surface area contributed by atoms with Crippen LogP contribution in [0.1, 0.15) is 35.8 Å². The fourth-order valence-corrected chi connectivity index (χ4v) is 4.56. The Hall–Kier alpha value is -4.56. The number of anilines is 3. The molecular formula is C32H35N5O3. The standard InChI is InChI=1S/C26H30N4O2.C6H5NO/c1-20(31)30(26-25(27-2)9-6-16-28-26)22-10-12-23(13-11-22)32-24-14-17-29(18-15-24)19-21-7-4-3-5-8-21;8-5-6-3-1-2-4-7-6/h3-13,16,24,27H,14-15,17-19H2,1-2H3;1-5H. The second-order valence-electron chi connectivity index (χ2n) is 9.42. The molecule has 0 saturated carbocycles. The van der Waals surface area contributed by atoms with Crippen molar-refractivity contribution in [1.29, 1.82) is 0 Å². The summed E-state index contributed by atoms with van der Waals surface area (Å²) < 4.78 is 6.24. The van der Waals surface area contributed by atoms with Crippen LogP contribution in [0.15, 0.2) is 97.3 Å². The van der Waals surface area contributed by atoms with Crippen LogP contribution in [0, 0.1) is 0 Å². The predicted molar refractivity (Wildman–Crippen MR) is 158 cm³/mol. The van der Waals surface area contributed by atoms with Crippen LogP contribution < -0.4 is 15.0 Å². The lowest BCUT2D eigenvalue weighted by molar-refractivity contribution is -0.115. The first-order valence-electron chi connectivity index (χ1n) is 13.4. The first-order chi connectivity index (χ1) is 19.6.